The monoisotopic (exact) mass is 219 g/mol. The Morgan fingerprint density at radius 1 is 1.56 bits per heavy atom. The van der Waals surface area contributed by atoms with E-state index < -0.39 is 0 Å². The van der Waals surface area contributed by atoms with Gasteiger partial charge in [-0.15, -0.1) is 6.58 Å². The van der Waals surface area contributed by atoms with E-state index in [0.29, 0.717) is 19.4 Å². The first kappa shape index (κ1) is 12.3. The summed E-state index contributed by atoms with van der Waals surface area (Å²) in [5.74, 6) is 0.295. The van der Waals surface area contributed by atoms with Crippen molar-refractivity contribution in [2.75, 3.05) is 0 Å². The quantitative estimate of drug-likeness (QED) is 0.745. The average Bonchev–Trinajstić information content (AvgIpc) is 2.30. The van der Waals surface area contributed by atoms with E-state index >= 15 is 0 Å². The zero-order valence-electron chi connectivity index (χ0n) is 9.49. The van der Waals surface area contributed by atoms with Gasteiger partial charge in [-0.2, -0.15) is 0 Å². The SMILES string of the molecule is C=CCc1cc(CNC(=O)CC)ccc1O. The maximum Gasteiger partial charge on any atom is 0.219 e. The highest BCUT2D eigenvalue weighted by atomic mass is 16.3. The Balaban J connectivity index is 2.70. The first-order valence-corrected chi connectivity index (χ1v) is 5.35. The van der Waals surface area contributed by atoms with Crippen molar-refractivity contribution in [3.05, 3.63) is 42.0 Å². The highest BCUT2D eigenvalue weighted by Crippen LogP contribution is 2.19. The minimum Gasteiger partial charge on any atom is -0.508 e. The summed E-state index contributed by atoms with van der Waals surface area (Å²) >= 11 is 0. The summed E-state index contributed by atoms with van der Waals surface area (Å²) in [6.45, 7) is 5.95. The van der Waals surface area contributed by atoms with E-state index in [1.807, 2.05) is 13.0 Å². The van der Waals surface area contributed by atoms with Gasteiger partial charge < -0.3 is 10.4 Å². The Morgan fingerprint density at radius 3 is 2.94 bits per heavy atom. The number of benzene rings is 1. The zero-order chi connectivity index (χ0) is 12.0. The number of phenols is 1. The highest BCUT2D eigenvalue weighted by Gasteiger charge is 2.02. The van der Waals surface area contributed by atoms with E-state index in [0.717, 1.165) is 11.1 Å². The number of hydrogen-bond acceptors (Lipinski definition) is 2. The summed E-state index contributed by atoms with van der Waals surface area (Å²) in [4.78, 5) is 11.1. The van der Waals surface area contributed by atoms with Crippen molar-refractivity contribution in [1.82, 2.24) is 5.32 Å². The number of hydrogen-bond donors (Lipinski definition) is 2. The van der Waals surface area contributed by atoms with Crippen LogP contribution in [0.25, 0.3) is 0 Å². The van der Waals surface area contributed by atoms with Crippen LogP contribution in [0, 0.1) is 0 Å². The minimum absolute atomic E-state index is 0.0262. The van der Waals surface area contributed by atoms with Gasteiger partial charge in [-0.3, -0.25) is 4.79 Å². The third-order valence-corrected chi connectivity index (χ3v) is 2.32. The molecule has 2 N–H and O–H groups in total. The van der Waals surface area contributed by atoms with Gasteiger partial charge in [0.2, 0.25) is 5.91 Å². The van der Waals surface area contributed by atoms with Crippen molar-refractivity contribution in [2.24, 2.45) is 0 Å². The van der Waals surface area contributed by atoms with E-state index in [1.54, 1.807) is 18.2 Å². The van der Waals surface area contributed by atoms with E-state index in [-0.39, 0.29) is 11.7 Å². The van der Waals surface area contributed by atoms with Crippen molar-refractivity contribution in [1.29, 1.82) is 0 Å². The lowest BCUT2D eigenvalue weighted by Gasteiger charge is -2.07. The Kier molecular flexibility index (Phi) is 4.58. The summed E-state index contributed by atoms with van der Waals surface area (Å²) in [5, 5.41) is 12.3. The molecule has 0 aliphatic heterocycles. The Morgan fingerprint density at radius 2 is 2.31 bits per heavy atom. The molecule has 0 saturated heterocycles. The smallest absolute Gasteiger partial charge is 0.219 e. The number of carbonyl (C=O) groups excluding carboxylic acids is 1. The summed E-state index contributed by atoms with van der Waals surface area (Å²) in [6, 6.07) is 5.33. The molecule has 1 aromatic carbocycles. The fourth-order valence-electron chi connectivity index (χ4n) is 1.39. The lowest BCUT2D eigenvalue weighted by molar-refractivity contribution is -0.120. The maximum atomic E-state index is 11.1. The van der Waals surface area contributed by atoms with Gasteiger partial charge >= 0.3 is 0 Å². The Hall–Kier alpha value is -1.77. The molecule has 0 aromatic heterocycles. The molecule has 0 aliphatic rings. The standard InChI is InChI=1S/C13H17NO2/c1-3-5-11-8-10(6-7-12(11)15)9-14-13(16)4-2/h3,6-8,15H,1,4-5,9H2,2H3,(H,14,16). The van der Waals surface area contributed by atoms with Crippen LogP contribution >= 0.6 is 0 Å². The van der Waals surface area contributed by atoms with E-state index in [9.17, 15) is 9.90 Å². The molecule has 3 heteroatoms. The van der Waals surface area contributed by atoms with Crippen LogP contribution in [0.4, 0.5) is 0 Å². The molecule has 1 aromatic rings. The summed E-state index contributed by atoms with van der Waals surface area (Å²) < 4.78 is 0. The predicted octanol–water partition coefficient (Wildman–Crippen LogP) is 2.15. The molecular weight excluding hydrogens is 202 g/mol. The first-order valence-electron chi connectivity index (χ1n) is 5.35. The first-order chi connectivity index (χ1) is 7.67. The molecule has 0 saturated carbocycles. The van der Waals surface area contributed by atoms with Crippen LogP contribution in [0.5, 0.6) is 5.75 Å². The summed E-state index contributed by atoms with van der Waals surface area (Å²) in [6.07, 6.45) is 2.85. The largest absolute Gasteiger partial charge is 0.508 e. The van der Waals surface area contributed by atoms with Crippen LogP contribution in [-0.2, 0) is 17.8 Å². The van der Waals surface area contributed by atoms with Crippen LogP contribution < -0.4 is 5.32 Å². The van der Waals surface area contributed by atoms with Crippen LogP contribution in [0.1, 0.15) is 24.5 Å². The van der Waals surface area contributed by atoms with Gasteiger partial charge in [-0.05, 0) is 23.6 Å². The van der Waals surface area contributed by atoms with E-state index in [4.69, 9.17) is 0 Å². The molecule has 3 nitrogen and oxygen atoms in total. The van der Waals surface area contributed by atoms with Crippen LogP contribution in [0.3, 0.4) is 0 Å². The van der Waals surface area contributed by atoms with Gasteiger partial charge in [0.25, 0.3) is 0 Å². The molecular formula is C13H17NO2. The molecule has 0 unspecified atom stereocenters. The Bertz CT molecular complexity index is 386. The number of amides is 1. The molecule has 1 rings (SSSR count). The van der Waals surface area contributed by atoms with Gasteiger partial charge in [-0.1, -0.05) is 25.1 Å². The van der Waals surface area contributed by atoms with Crippen LogP contribution in [-0.4, -0.2) is 11.0 Å². The molecule has 0 heterocycles. The normalized spacial score (nSPS) is 9.81. The third-order valence-electron chi connectivity index (χ3n) is 2.32. The zero-order valence-corrected chi connectivity index (χ0v) is 9.49. The van der Waals surface area contributed by atoms with Crippen molar-refractivity contribution in [3.63, 3.8) is 0 Å². The fraction of sp³-hybridized carbons (Fsp3) is 0.308. The summed E-state index contributed by atoms with van der Waals surface area (Å²) in [5.41, 5.74) is 1.81. The fourth-order valence-corrected chi connectivity index (χ4v) is 1.39. The highest BCUT2D eigenvalue weighted by molar-refractivity contribution is 5.75. The van der Waals surface area contributed by atoms with Gasteiger partial charge in [0, 0.05) is 13.0 Å². The van der Waals surface area contributed by atoms with Gasteiger partial charge in [0.1, 0.15) is 5.75 Å². The summed E-state index contributed by atoms with van der Waals surface area (Å²) in [7, 11) is 0. The second-order valence-electron chi connectivity index (χ2n) is 3.59. The van der Waals surface area contributed by atoms with E-state index in [1.165, 1.54) is 0 Å². The molecule has 0 fully saturated rings. The average molecular weight is 219 g/mol. The molecule has 86 valence electrons. The maximum absolute atomic E-state index is 11.1. The number of allylic oxidation sites excluding steroid dienone is 1. The van der Waals surface area contributed by atoms with E-state index in [2.05, 4.69) is 11.9 Å². The Labute approximate surface area is 95.8 Å². The minimum atomic E-state index is 0.0262. The number of carbonyl (C=O) groups is 1. The molecule has 1 amide bonds. The molecule has 0 radical (unpaired) electrons. The molecule has 0 aliphatic carbocycles. The number of aromatic hydroxyl groups is 1. The molecule has 16 heavy (non-hydrogen) atoms. The second-order valence-corrected chi connectivity index (χ2v) is 3.59. The van der Waals surface area contributed by atoms with Crippen LogP contribution in [0.2, 0.25) is 0 Å². The van der Waals surface area contributed by atoms with Gasteiger partial charge in [-0.25, -0.2) is 0 Å². The number of nitrogens with one attached hydrogen (secondary N) is 1. The van der Waals surface area contributed by atoms with Gasteiger partial charge in [0.05, 0.1) is 0 Å². The van der Waals surface area contributed by atoms with Crippen molar-refractivity contribution in [2.45, 2.75) is 26.3 Å². The topological polar surface area (TPSA) is 49.3 Å². The van der Waals surface area contributed by atoms with Crippen molar-refractivity contribution >= 4 is 5.91 Å². The number of phenolic OH excluding ortho intramolecular Hbond substituents is 1. The lowest BCUT2D eigenvalue weighted by Crippen LogP contribution is -2.21. The van der Waals surface area contributed by atoms with Crippen molar-refractivity contribution in [3.8, 4) is 5.75 Å². The predicted molar refractivity (Wildman–Crippen MR) is 64.1 cm³/mol. The number of rotatable bonds is 5. The van der Waals surface area contributed by atoms with Crippen LogP contribution in [0.15, 0.2) is 30.9 Å². The van der Waals surface area contributed by atoms with Gasteiger partial charge in [0.15, 0.2) is 0 Å². The second kappa shape index (κ2) is 5.95. The van der Waals surface area contributed by atoms with Crippen molar-refractivity contribution < 1.29 is 9.90 Å². The lowest BCUT2D eigenvalue weighted by atomic mass is 10.1. The molecule has 0 atom stereocenters. The third kappa shape index (κ3) is 3.42. The molecule has 0 bridgehead atoms. The molecule has 0 spiro atoms.